The van der Waals surface area contributed by atoms with E-state index in [9.17, 15) is 4.79 Å². The highest BCUT2D eigenvalue weighted by Gasteiger charge is 2.10. The van der Waals surface area contributed by atoms with Gasteiger partial charge >= 0.3 is 0 Å². The molecule has 0 N–H and O–H groups in total. The molecule has 0 fully saturated rings. The minimum Gasteiger partial charge on any atom is -0.329 e. The zero-order valence-corrected chi connectivity index (χ0v) is 15.6. The number of para-hydroxylation sites is 2. The van der Waals surface area contributed by atoms with Crippen LogP contribution in [0.5, 0.6) is 0 Å². The van der Waals surface area contributed by atoms with Crippen molar-refractivity contribution in [3.63, 3.8) is 0 Å². The summed E-state index contributed by atoms with van der Waals surface area (Å²) in [5.74, 6) is 0. The van der Waals surface area contributed by atoms with Crippen molar-refractivity contribution >= 4 is 27.3 Å². The van der Waals surface area contributed by atoms with Crippen LogP contribution in [0.25, 0.3) is 16.0 Å². The Kier molecular flexibility index (Phi) is 4.52. The molecule has 0 bridgehead atoms. The number of hydrogen-bond acceptors (Lipinski definition) is 6. The smallest absolute Gasteiger partial charge is 0.275 e. The molecule has 0 saturated heterocycles. The Morgan fingerprint density at radius 2 is 2.12 bits per heavy atom. The number of rotatable bonds is 6. The fourth-order valence-electron chi connectivity index (χ4n) is 2.94. The third-order valence-electron chi connectivity index (χ3n) is 4.32. The molecular weight excluding hydrogens is 348 g/mol. The van der Waals surface area contributed by atoms with E-state index in [0.717, 1.165) is 41.2 Å². The Bertz CT molecular complexity index is 1110. The Morgan fingerprint density at radius 1 is 1.27 bits per heavy atom. The van der Waals surface area contributed by atoms with E-state index in [4.69, 9.17) is 0 Å². The molecule has 26 heavy (non-hydrogen) atoms. The zero-order valence-electron chi connectivity index (χ0n) is 14.8. The second-order valence-corrected chi connectivity index (χ2v) is 7.33. The highest BCUT2D eigenvalue weighted by Crippen LogP contribution is 2.13. The minimum absolute atomic E-state index is 0.116. The number of hydrogen-bond donors (Lipinski definition) is 0. The number of fused-ring (bicyclic) bond motifs is 2. The summed E-state index contributed by atoms with van der Waals surface area (Å²) in [7, 11) is 2.03. The summed E-state index contributed by atoms with van der Waals surface area (Å²) in [6, 6.07) is 9.69. The lowest BCUT2D eigenvalue weighted by atomic mass is 10.3. The molecule has 0 unspecified atom stereocenters. The average Bonchev–Trinajstić information content (AvgIpc) is 3.24. The van der Waals surface area contributed by atoms with Crippen LogP contribution in [0, 0.1) is 0 Å². The van der Waals surface area contributed by atoms with E-state index in [1.54, 1.807) is 6.07 Å². The molecule has 0 saturated carbocycles. The van der Waals surface area contributed by atoms with Crippen molar-refractivity contribution in [3.05, 3.63) is 57.7 Å². The third kappa shape index (κ3) is 3.25. The van der Waals surface area contributed by atoms with Crippen LogP contribution in [-0.4, -0.2) is 42.6 Å². The molecule has 3 heterocycles. The zero-order chi connectivity index (χ0) is 18.1. The van der Waals surface area contributed by atoms with Crippen molar-refractivity contribution in [2.75, 3.05) is 13.6 Å². The maximum Gasteiger partial charge on any atom is 0.275 e. The molecule has 0 radical (unpaired) electrons. The standard InChI is InChI=1S/C18H20N6OS/c1-3-16-21-24-17(25)10-13(20-18(24)26-16)11-22(2)8-9-23-12-19-14-6-4-5-7-15(14)23/h4-7,10,12H,3,8-9,11H2,1-2H3. The molecule has 1 aromatic carbocycles. The largest absolute Gasteiger partial charge is 0.329 e. The first-order valence-corrected chi connectivity index (χ1v) is 9.43. The quantitative estimate of drug-likeness (QED) is 0.522. The first kappa shape index (κ1) is 16.9. The Hall–Kier alpha value is -2.58. The van der Waals surface area contributed by atoms with Gasteiger partial charge in [0.1, 0.15) is 5.01 Å². The van der Waals surface area contributed by atoms with Crippen LogP contribution in [0.4, 0.5) is 0 Å². The summed E-state index contributed by atoms with van der Waals surface area (Å²) in [6.07, 6.45) is 2.68. The first-order chi connectivity index (χ1) is 12.6. The van der Waals surface area contributed by atoms with E-state index < -0.39 is 0 Å². The molecule has 4 aromatic rings. The molecule has 134 valence electrons. The van der Waals surface area contributed by atoms with E-state index in [2.05, 4.69) is 30.6 Å². The topological polar surface area (TPSA) is 68.3 Å². The summed E-state index contributed by atoms with van der Waals surface area (Å²) >= 11 is 1.48. The molecule has 0 aliphatic heterocycles. The monoisotopic (exact) mass is 368 g/mol. The van der Waals surface area contributed by atoms with Crippen molar-refractivity contribution in [2.45, 2.75) is 26.4 Å². The Labute approximate surface area is 154 Å². The van der Waals surface area contributed by atoms with E-state index in [0.29, 0.717) is 11.5 Å². The molecule has 0 aliphatic carbocycles. The molecule has 7 nitrogen and oxygen atoms in total. The van der Waals surface area contributed by atoms with E-state index >= 15 is 0 Å². The molecule has 0 spiro atoms. The fourth-order valence-corrected chi connectivity index (χ4v) is 3.80. The summed E-state index contributed by atoms with van der Waals surface area (Å²) in [5.41, 5.74) is 2.80. The summed E-state index contributed by atoms with van der Waals surface area (Å²) in [6.45, 7) is 4.32. The van der Waals surface area contributed by atoms with Gasteiger partial charge in [0, 0.05) is 25.7 Å². The number of aromatic nitrogens is 5. The molecule has 0 atom stereocenters. The third-order valence-corrected chi connectivity index (χ3v) is 5.38. The predicted octanol–water partition coefficient (Wildman–Crippen LogP) is 2.20. The van der Waals surface area contributed by atoms with Crippen LogP contribution < -0.4 is 5.56 Å². The lowest BCUT2D eigenvalue weighted by Crippen LogP contribution is -2.25. The summed E-state index contributed by atoms with van der Waals surface area (Å²) < 4.78 is 3.54. The second kappa shape index (κ2) is 6.97. The predicted molar refractivity (Wildman–Crippen MR) is 103 cm³/mol. The van der Waals surface area contributed by atoms with Gasteiger partial charge in [-0.15, -0.1) is 0 Å². The fraction of sp³-hybridized carbons (Fsp3) is 0.333. The van der Waals surface area contributed by atoms with Crippen LogP contribution in [0.3, 0.4) is 0 Å². The number of imidazole rings is 1. The molecule has 8 heteroatoms. The maximum absolute atomic E-state index is 12.2. The Balaban J connectivity index is 1.47. The van der Waals surface area contributed by atoms with Gasteiger partial charge in [0.2, 0.25) is 4.96 Å². The van der Waals surface area contributed by atoms with E-state index in [1.807, 2.05) is 38.5 Å². The molecule has 0 aliphatic rings. The number of benzene rings is 1. The average molecular weight is 368 g/mol. The molecule has 0 amide bonds. The van der Waals surface area contributed by atoms with Crippen LogP contribution >= 0.6 is 11.3 Å². The van der Waals surface area contributed by atoms with Gasteiger partial charge in [-0.3, -0.25) is 9.69 Å². The molecule has 3 aromatic heterocycles. The van der Waals surface area contributed by atoms with Gasteiger partial charge in [-0.2, -0.15) is 9.61 Å². The van der Waals surface area contributed by atoms with Crippen LogP contribution in [0.15, 0.2) is 41.5 Å². The molecular formula is C18H20N6OS. The van der Waals surface area contributed by atoms with Gasteiger partial charge in [0.25, 0.3) is 5.56 Å². The van der Waals surface area contributed by atoms with E-state index in [1.165, 1.54) is 15.9 Å². The van der Waals surface area contributed by atoms with Gasteiger partial charge < -0.3 is 4.57 Å². The lowest BCUT2D eigenvalue weighted by Gasteiger charge is -2.16. The second-order valence-electron chi connectivity index (χ2n) is 6.29. The van der Waals surface area contributed by atoms with Crippen molar-refractivity contribution < 1.29 is 0 Å². The number of aryl methyl sites for hydroxylation is 1. The van der Waals surface area contributed by atoms with Crippen LogP contribution in [0.1, 0.15) is 17.6 Å². The normalized spacial score (nSPS) is 11.8. The number of nitrogens with zero attached hydrogens (tertiary/aromatic N) is 6. The maximum atomic E-state index is 12.2. The highest BCUT2D eigenvalue weighted by atomic mass is 32.1. The highest BCUT2D eigenvalue weighted by molar-refractivity contribution is 7.16. The number of likely N-dealkylation sites (N-methyl/N-ethyl adjacent to an activating group) is 1. The van der Waals surface area contributed by atoms with Gasteiger partial charge in [-0.05, 0) is 25.6 Å². The van der Waals surface area contributed by atoms with Crippen molar-refractivity contribution in [1.29, 1.82) is 0 Å². The minimum atomic E-state index is -0.116. The van der Waals surface area contributed by atoms with E-state index in [-0.39, 0.29) is 5.56 Å². The summed E-state index contributed by atoms with van der Waals surface area (Å²) in [5, 5.41) is 5.21. The lowest BCUT2D eigenvalue weighted by molar-refractivity contribution is 0.309. The Morgan fingerprint density at radius 3 is 2.96 bits per heavy atom. The first-order valence-electron chi connectivity index (χ1n) is 8.61. The SMILES string of the molecule is CCc1nn2c(=O)cc(CN(C)CCn3cnc4ccccc43)nc2s1. The van der Waals surface area contributed by atoms with Crippen LogP contribution in [0.2, 0.25) is 0 Å². The van der Waals surface area contributed by atoms with Crippen molar-refractivity contribution in [1.82, 2.24) is 29.0 Å². The van der Waals surface area contributed by atoms with Crippen molar-refractivity contribution in [2.24, 2.45) is 0 Å². The van der Waals surface area contributed by atoms with Gasteiger partial charge in [-0.1, -0.05) is 30.4 Å². The van der Waals surface area contributed by atoms with Gasteiger partial charge in [0.05, 0.1) is 23.1 Å². The van der Waals surface area contributed by atoms with Crippen molar-refractivity contribution in [3.8, 4) is 0 Å². The van der Waals surface area contributed by atoms with Gasteiger partial charge in [0.15, 0.2) is 0 Å². The molecule has 4 rings (SSSR count). The van der Waals surface area contributed by atoms with Gasteiger partial charge in [-0.25, -0.2) is 9.97 Å². The summed E-state index contributed by atoms with van der Waals surface area (Å²) in [4.78, 5) is 24.1. The van der Waals surface area contributed by atoms with Crippen LogP contribution in [-0.2, 0) is 19.5 Å².